The molecule has 24 heavy (non-hydrogen) atoms. The molecule has 1 N–H and O–H groups in total. The Balaban J connectivity index is 2.10. The number of hydrogen-bond acceptors (Lipinski definition) is 3. The number of alkyl halides is 3. The molecule has 0 bridgehead atoms. The molecule has 128 valence electrons. The summed E-state index contributed by atoms with van der Waals surface area (Å²) < 4.78 is 42.5. The number of hydrogen-bond donors (Lipinski definition) is 1. The third kappa shape index (κ3) is 4.55. The molecule has 0 radical (unpaired) electrons. The molecule has 0 saturated carbocycles. The number of ether oxygens (including phenoxy) is 1. The van der Waals surface area contributed by atoms with Crippen LogP contribution >= 0.6 is 0 Å². The number of pyridine rings is 1. The molecule has 1 unspecified atom stereocenters. The second-order valence-corrected chi connectivity index (χ2v) is 5.34. The van der Waals surface area contributed by atoms with Crippen LogP contribution in [0.4, 0.5) is 13.2 Å². The summed E-state index contributed by atoms with van der Waals surface area (Å²) in [6.45, 7) is 2.23. The Morgan fingerprint density at radius 1 is 1.17 bits per heavy atom. The number of aromatic nitrogens is 1. The van der Waals surface area contributed by atoms with Crippen molar-refractivity contribution in [2.24, 2.45) is 0 Å². The number of carbonyl (C=O) groups is 1. The van der Waals surface area contributed by atoms with E-state index in [1.165, 1.54) is 12.3 Å². The number of halogens is 3. The minimum absolute atomic E-state index is 0.124. The second-order valence-electron chi connectivity index (χ2n) is 5.34. The molecule has 1 aromatic carbocycles. The largest absolute Gasteiger partial charge is 0.433 e. The second kappa shape index (κ2) is 7.44. The summed E-state index contributed by atoms with van der Waals surface area (Å²) in [5.74, 6) is -0.239. The van der Waals surface area contributed by atoms with E-state index < -0.39 is 11.9 Å². The van der Waals surface area contributed by atoms with E-state index >= 15 is 0 Å². The van der Waals surface area contributed by atoms with Gasteiger partial charge < -0.3 is 10.1 Å². The molecule has 0 fully saturated rings. The first-order valence-electron chi connectivity index (χ1n) is 7.24. The molecule has 2 rings (SSSR count). The van der Waals surface area contributed by atoms with E-state index in [2.05, 4.69) is 10.3 Å². The lowest BCUT2D eigenvalue weighted by molar-refractivity contribution is -0.141. The molecule has 1 aromatic heterocycles. The van der Waals surface area contributed by atoms with E-state index in [9.17, 15) is 18.0 Å². The van der Waals surface area contributed by atoms with Crippen LogP contribution < -0.4 is 5.32 Å². The molecule has 4 nitrogen and oxygen atoms in total. The van der Waals surface area contributed by atoms with Crippen molar-refractivity contribution >= 4 is 5.91 Å². The predicted molar refractivity (Wildman–Crippen MR) is 83.5 cm³/mol. The summed E-state index contributed by atoms with van der Waals surface area (Å²) >= 11 is 0. The molecule has 0 aliphatic heterocycles. The van der Waals surface area contributed by atoms with Crippen molar-refractivity contribution in [3.8, 4) is 11.1 Å². The standard InChI is InChI=1S/C17H17F3N2O2/c1-11(10-24-2)22-16(23)13-5-3-12(4-6-13)14-7-8-15(21-9-14)17(18,19)20/h3-9,11H,10H2,1-2H3,(H,22,23). The number of carbonyl (C=O) groups excluding carboxylic acids is 1. The molecule has 1 atom stereocenters. The van der Waals surface area contributed by atoms with Gasteiger partial charge in [0.25, 0.3) is 5.91 Å². The first-order valence-corrected chi connectivity index (χ1v) is 7.24. The predicted octanol–water partition coefficient (Wildman–Crippen LogP) is 3.53. The minimum atomic E-state index is -4.46. The van der Waals surface area contributed by atoms with Crippen LogP contribution in [0.1, 0.15) is 23.0 Å². The van der Waals surface area contributed by atoms with Crippen LogP contribution in [0, 0.1) is 0 Å². The Bertz CT molecular complexity index is 682. The average molecular weight is 338 g/mol. The Kier molecular flexibility index (Phi) is 5.56. The molecule has 0 aliphatic carbocycles. The van der Waals surface area contributed by atoms with Gasteiger partial charge in [0, 0.05) is 30.5 Å². The lowest BCUT2D eigenvalue weighted by Gasteiger charge is -2.13. The lowest BCUT2D eigenvalue weighted by Crippen LogP contribution is -2.35. The fourth-order valence-corrected chi connectivity index (χ4v) is 2.15. The van der Waals surface area contributed by atoms with E-state index in [-0.39, 0.29) is 11.9 Å². The van der Waals surface area contributed by atoms with E-state index in [0.717, 1.165) is 6.07 Å². The van der Waals surface area contributed by atoms with Crippen LogP contribution in [-0.4, -0.2) is 30.6 Å². The Hall–Kier alpha value is -2.41. The summed E-state index contributed by atoms with van der Waals surface area (Å²) in [5, 5.41) is 2.78. The van der Waals surface area contributed by atoms with Crippen molar-refractivity contribution in [2.45, 2.75) is 19.1 Å². The zero-order chi connectivity index (χ0) is 17.7. The maximum absolute atomic E-state index is 12.5. The number of methoxy groups -OCH3 is 1. The Morgan fingerprint density at radius 3 is 2.29 bits per heavy atom. The third-order valence-corrected chi connectivity index (χ3v) is 3.33. The van der Waals surface area contributed by atoms with Crippen LogP contribution in [0.3, 0.4) is 0 Å². The zero-order valence-corrected chi connectivity index (χ0v) is 13.2. The zero-order valence-electron chi connectivity index (χ0n) is 13.2. The van der Waals surface area contributed by atoms with Crippen molar-refractivity contribution in [3.05, 3.63) is 53.9 Å². The number of rotatable bonds is 5. The molecule has 0 spiro atoms. The van der Waals surface area contributed by atoms with Crippen LogP contribution in [0.5, 0.6) is 0 Å². The SMILES string of the molecule is COCC(C)NC(=O)c1ccc(-c2ccc(C(F)(F)F)nc2)cc1. The van der Waals surface area contributed by atoms with E-state index in [4.69, 9.17) is 4.74 Å². The smallest absolute Gasteiger partial charge is 0.383 e. The van der Waals surface area contributed by atoms with Gasteiger partial charge in [-0.2, -0.15) is 13.2 Å². The fourth-order valence-electron chi connectivity index (χ4n) is 2.15. The highest BCUT2D eigenvalue weighted by Crippen LogP contribution is 2.29. The van der Waals surface area contributed by atoms with Crippen molar-refractivity contribution in [1.82, 2.24) is 10.3 Å². The first kappa shape index (κ1) is 17.9. The first-order chi connectivity index (χ1) is 11.3. The van der Waals surface area contributed by atoms with Crippen molar-refractivity contribution < 1.29 is 22.7 Å². The third-order valence-electron chi connectivity index (χ3n) is 3.33. The Labute approximate surface area is 137 Å². The van der Waals surface area contributed by atoms with Gasteiger partial charge in [-0.1, -0.05) is 18.2 Å². The minimum Gasteiger partial charge on any atom is -0.383 e. The monoisotopic (exact) mass is 338 g/mol. The summed E-state index contributed by atoms with van der Waals surface area (Å²) in [6.07, 6.45) is -3.29. The maximum atomic E-state index is 12.5. The van der Waals surface area contributed by atoms with E-state index in [0.29, 0.717) is 23.3 Å². The highest BCUT2D eigenvalue weighted by atomic mass is 19.4. The van der Waals surface area contributed by atoms with Crippen LogP contribution in [0.15, 0.2) is 42.6 Å². The fraction of sp³-hybridized carbons (Fsp3) is 0.294. The van der Waals surface area contributed by atoms with Gasteiger partial charge in [-0.05, 0) is 30.7 Å². The quantitative estimate of drug-likeness (QED) is 0.907. The van der Waals surface area contributed by atoms with Crippen LogP contribution in [0.2, 0.25) is 0 Å². The van der Waals surface area contributed by atoms with Crippen molar-refractivity contribution in [2.75, 3.05) is 13.7 Å². The molecule has 7 heteroatoms. The highest BCUT2D eigenvalue weighted by Gasteiger charge is 2.32. The molecule has 0 saturated heterocycles. The number of amides is 1. The van der Waals surface area contributed by atoms with Gasteiger partial charge in [-0.15, -0.1) is 0 Å². The van der Waals surface area contributed by atoms with Gasteiger partial charge in [-0.25, -0.2) is 0 Å². The van der Waals surface area contributed by atoms with Crippen LogP contribution in [0.25, 0.3) is 11.1 Å². The lowest BCUT2D eigenvalue weighted by atomic mass is 10.0. The topological polar surface area (TPSA) is 51.2 Å². The molecule has 0 aliphatic rings. The molecular formula is C17H17F3N2O2. The summed E-state index contributed by atoms with van der Waals surface area (Å²) in [4.78, 5) is 15.5. The van der Waals surface area contributed by atoms with Gasteiger partial charge >= 0.3 is 6.18 Å². The molecule has 1 amide bonds. The van der Waals surface area contributed by atoms with Crippen molar-refractivity contribution in [3.63, 3.8) is 0 Å². The molecule has 2 aromatic rings. The van der Waals surface area contributed by atoms with E-state index in [1.807, 2.05) is 6.92 Å². The Morgan fingerprint density at radius 2 is 1.79 bits per heavy atom. The average Bonchev–Trinajstić information content (AvgIpc) is 2.54. The van der Waals surface area contributed by atoms with Crippen LogP contribution in [-0.2, 0) is 10.9 Å². The van der Waals surface area contributed by atoms with Gasteiger partial charge in [-0.3, -0.25) is 9.78 Å². The summed E-state index contributed by atoms with van der Waals surface area (Å²) in [6, 6.07) is 8.72. The number of nitrogens with zero attached hydrogens (tertiary/aromatic N) is 1. The van der Waals surface area contributed by atoms with E-state index in [1.54, 1.807) is 31.4 Å². The van der Waals surface area contributed by atoms with Gasteiger partial charge in [0.15, 0.2) is 0 Å². The highest BCUT2D eigenvalue weighted by molar-refractivity contribution is 5.94. The maximum Gasteiger partial charge on any atom is 0.433 e. The normalized spacial score (nSPS) is 12.7. The number of benzene rings is 1. The van der Waals surface area contributed by atoms with Gasteiger partial charge in [0.1, 0.15) is 5.69 Å². The van der Waals surface area contributed by atoms with Gasteiger partial charge in [0.05, 0.1) is 6.61 Å². The number of nitrogens with one attached hydrogen (secondary N) is 1. The summed E-state index contributed by atoms with van der Waals surface area (Å²) in [7, 11) is 1.55. The molecular weight excluding hydrogens is 321 g/mol. The van der Waals surface area contributed by atoms with Crippen molar-refractivity contribution in [1.29, 1.82) is 0 Å². The van der Waals surface area contributed by atoms with Gasteiger partial charge in [0.2, 0.25) is 0 Å². The molecule has 1 heterocycles. The summed E-state index contributed by atoms with van der Waals surface area (Å²) in [5.41, 5.74) is 0.747.